The number of carbonyl (C=O) groups excluding carboxylic acids is 1. The van der Waals surface area contributed by atoms with Crippen molar-refractivity contribution in [2.75, 3.05) is 13.1 Å². The Morgan fingerprint density at radius 3 is 2.70 bits per heavy atom. The number of nitrogens with one attached hydrogen (secondary N) is 1. The van der Waals surface area contributed by atoms with Gasteiger partial charge in [0.15, 0.2) is 0 Å². The molecule has 2 nitrogen and oxygen atoms in total. The summed E-state index contributed by atoms with van der Waals surface area (Å²) in [5.74, 6) is 0.0355. The maximum atomic E-state index is 14.1. The first-order chi connectivity index (χ1) is 9.49. The highest BCUT2D eigenvalue weighted by Gasteiger charge is 2.27. The molecule has 0 saturated heterocycles. The Morgan fingerprint density at radius 2 is 2.15 bits per heavy atom. The molecule has 1 fully saturated rings. The van der Waals surface area contributed by atoms with E-state index in [1.54, 1.807) is 12.1 Å². The minimum Gasteiger partial charge on any atom is -0.315 e. The summed E-state index contributed by atoms with van der Waals surface area (Å²) >= 11 is 3.25. The lowest BCUT2D eigenvalue weighted by Gasteiger charge is -2.20. The van der Waals surface area contributed by atoms with Crippen LogP contribution in [0.15, 0.2) is 22.7 Å². The second kappa shape index (κ2) is 6.81. The van der Waals surface area contributed by atoms with Crippen molar-refractivity contribution in [3.63, 3.8) is 0 Å². The zero-order chi connectivity index (χ0) is 14.7. The van der Waals surface area contributed by atoms with Crippen molar-refractivity contribution in [2.45, 2.75) is 32.6 Å². The van der Waals surface area contributed by atoms with E-state index in [1.807, 2.05) is 13.8 Å². The highest BCUT2D eigenvalue weighted by Crippen LogP contribution is 2.29. The van der Waals surface area contributed by atoms with Crippen molar-refractivity contribution in [1.29, 1.82) is 0 Å². The lowest BCUT2D eigenvalue weighted by atomic mass is 9.88. The Labute approximate surface area is 128 Å². The van der Waals surface area contributed by atoms with Gasteiger partial charge in [-0.2, -0.15) is 0 Å². The molecule has 1 aliphatic rings. The van der Waals surface area contributed by atoms with Crippen molar-refractivity contribution >= 4 is 21.7 Å². The van der Waals surface area contributed by atoms with E-state index in [9.17, 15) is 9.18 Å². The van der Waals surface area contributed by atoms with E-state index >= 15 is 0 Å². The number of rotatable bonds is 7. The van der Waals surface area contributed by atoms with Crippen molar-refractivity contribution in [2.24, 2.45) is 11.8 Å². The van der Waals surface area contributed by atoms with E-state index in [2.05, 4.69) is 21.2 Å². The molecule has 1 aromatic rings. The third kappa shape index (κ3) is 4.13. The largest absolute Gasteiger partial charge is 0.315 e. The van der Waals surface area contributed by atoms with Gasteiger partial charge in [0.25, 0.3) is 0 Å². The second-order valence-corrected chi connectivity index (χ2v) is 6.79. The maximum Gasteiger partial charge on any atom is 0.144 e. The molecule has 1 aliphatic carbocycles. The van der Waals surface area contributed by atoms with Crippen LogP contribution in [0.1, 0.15) is 38.2 Å². The summed E-state index contributed by atoms with van der Waals surface area (Å²) in [6.45, 7) is 5.19. The fraction of sp³-hybridized carbons (Fsp3) is 0.562. The van der Waals surface area contributed by atoms with E-state index in [-0.39, 0.29) is 17.5 Å². The molecule has 1 N–H and O–H groups in total. The quantitative estimate of drug-likeness (QED) is 0.814. The maximum absolute atomic E-state index is 14.1. The lowest BCUT2D eigenvalue weighted by molar-refractivity contribution is -0.123. The minimum atomic E-state index is -0.401. The Bertz CT molecular complexity index is 485. The average molecular weight is 342 g/mol. The van der Waals surface area contributed by atoms with Crippen LogP contribution in [-0.2, 0) is 4.79 Å². The van der Waals surface area contributed by atoms with Crippen LogP contribution in [0.4, 0.5) is 4.39 Å². The van der Waals surface area contributed by atoms with Crippen molar-refractivity contribution in [3.8, 4) is 0 Å². The van der Waals surface area contributed by atoms with E-state index < -0.39 is 5.92 Å². The van der Waals surface area contributed by atoms with Gasteiger partial charge in [-0.05, 0) is 43.0 Å². The minimum absolute atomic E-state index is 0.0919. The van der Waals surface area contributed by atoms with Gasteiger partial charge >= 0.3 is 0 Å². The summed E-state index contributed by atoms with van der Waals surface area (Å²) < 4.78 is 14.8. The van der Waals surface area contributed by atoms with Crippen LogP contribution < -0.4 is 5.32 Å². The summed E-state index contributed by atoms with van der Waals surface area (Å²) in [5, 5.41) is 3.32. The summed E-state index contributed by atoms with van der Waals surface area (Å²) in [7, 11) is 0. The Morgan fingerprint density at radius 1 is 1.45 bits per heavy atom. The molecular weight excluding hydrogens is 321 g/mol. The number of halogens is 2. The molecule has 0 amide bonds. The van der Waals surface area contributed by atoms with Gasteiger partial charge in [-0.1, -0.05) is 35.8 Å². The lowest BCUT2D eigenvalue weighted by Crippen LogP contribution is -2.31. The number of benzene rings is 1. The van der Waals surface area contributed by atoms with Gasteiger partial charge in [0.2, 0.25) is 0 Å². The van der Waals surface area contributed by atoms with E-state index in [0.29, 0.717) is 16.6 Å². The summed E-state index contributed by atoms with van der Waals surface area (Å²) in [4.78, 5) is 12.4. The first-order valence-electron chi connectivity index (χ1n) is 7.18. The van der Waals surface area contributed by atoms with Crippen LogP contribution >= 0.6 is 15.9 Å². The molecule has 0 unspecified atom stereocenters. The molecule has 110 valence electrons. The molecule has 0 heterocycles. The summed E-state index contributed by atoms with van der Waals surface area (Å²) in [6, 6.07) is 4.93. The van der Waals surface area contributed by atoms with Crippen molar-refractivity contribution in [1.82, 2.24) is 5.32 Å². The monoisotopic (exact) mass is 341 g/mol. The van der Waals surface area contributed by atoms with Gasteiger partial charge in [0.1, 0.15) is 11.6 Å². The van der Waals surface area contributed by atoms with E-state index in [1.165, 1.54) is 18.9 Å². The molecule has 2 rings (SSSR count). The number of Topliss-reactive ketones (excluding diaryl/α,β-unsaturated/α-hetero) is 1. The fourth-order valence-corrected chi connectivity index (χ4v) is 2.64. The molecule has 0 radical (unpaired) electrons. The molecule has 20 heavy (non-hydrogen) atoms. The standard InChI is InChI=1S/C16H21BrFNO/c1-10(2)16(20)14(9-19-8-11-3-4-11)13-6-5-12(17)7-15(13)18/h5-7,10-11,14,19H,3-4,8-9H2,1-2H3/t14-/m1/s1. The SMILES string of the molecule is CC(C)C(=O)[C@H](CNCC1CC1)c1ccc(Br)cc1F. The number of ketones is 1. The average Bonchev–Trinajstić information content (AvgIpc) is 3.19. The molecule has 4 heteroatoms. The van der Waals surface area contributed by atoms with Crippen molar-refractivity contribution < 1.29 is 9.18 Å². The molecular formula is C16H21BrFNO. The number of hydrogen-bond acceptors (Lipinski definition) is 2. The van der Waals surface area contributed by atoms with Gasteiger partial charge in [-0.25, -0.2) is 4.39 Å². The van der Waals surface area contributed by atoms with Gasteiger partial charge in [-0.3, -0.25) is 4.79 Å². The van der Waals surface area contributed by atoms with Crippen LogP contribution in [0.3, 0.4) is 0 Å². The Balaban J connectivity index is 2.12. The van der Waals surface area contributed by atoms with Crippen molar-refractivity contribution in [3.05, 3.63) is 34.1 Å². The van der Waals surface area contributed by atoms with Crippen LogP contribution in [0.25, 0.3) is 0 Å². The fourth-order valence-electron chi connectivity index (χ4n) is 2.30. The van der Waals surface area contributed by atoms with E-state index in [0.717, 1.165) is 12.5 Å². The third-order valence-electron chi connectivity index (χ3n) is 3.73. The van der Waals surface area contributed by atoms with Gasteiger partial charge in [0.05, 0.1) is 5.92 Å². The molecule has 0 aliphatic heterocycles. The second-order valence-electron chi connectivity index (χ2n) is 5.88. The molecule has 0 spiro atoms. The Hall–Kier alpha value is -0.740. The predicted molar refractivity (Wildman–Crippen MR) is 82.3 cm³/mol. The highest BCUT2D eigenvalue weighted by molar-refractivity contribution is 9.10. The highest BCUT2D eigenvalue weighted by atomic mass is 79.9. The van der Waals surface area contributed by atoms with E-state index in [4.69, 9.17) is 0 Å². The van der Waals surface area contributed by atoms with Gasteiger partial charge < -0.3 is 5.32 Å². The first-order valence-corrected chi connectivity index (χ1v) is 7.97. The zero-order valence-corrected chi connectivity index (χ0v) is 13.5. The topological polar surface area (TPSA) is 29.1 Å². The number of carbonyl (C=O) groups is 1. The molecule has 1 aromatic carbocycles. The zero-order valence-electron chi connectivity index (χ0n) is 12.0. The summed E-state index contributed by atoms with van der Waals surface area (Å²) in [6.07, 6.45) is 2.53. The molecule has 1 atom stereocenters. The molecule has 0 aromatic heterocycles. The summed E-state index contributed by atoms with van der Waals surface area (Å²) in [5.41, 5.74) is 0.496. The van der Waals surface area contributed by atoms with Crippen LogP contribution in [0, 0.1) is 17.7 Å². The normalized spacial score (nSPS) is 16.4. The third-order valence-corrected chi connectivity index (χ3v) is 4.22. The van der Waals surface area contributed by atoms with Crippen LogP contribution in [0.2, 0.25) is 0 Å². The Kier molecular flexibility index (Phi) is 5.33. The first kappa shape index (κ1) is 15.6. The number of hydrogen-bond donors (Lipinski definition) is 1. The smallest absolute Gasteiger partial charge is 0.144 e. The van der Waals surface area contributed by atoms with Gasteiger partial charge in [0, 0.05) is 16.9 Å². The molecule has 0 bridgehead atoms. The van der Waals surface area contributed by atoms with Crippen LogP contribution in [0.5, 0.6) is 0 Å². The predicted octanol–water partition coefficient (Wildman–Crippen LogP) is 3.90. The van der Waals surface area contributed by atoms with Crippen LogP contribution in [-0.4, -0.2) is 18.9 Å². The van der Waals surface area contributed by atoms with Gasteiger partial charge in [-0.15, -0.1) is 0 Å². The molecule has 1 saturated carbocycles.